The Labute approximate surface area is 182 Å². The minimum Gasteiger partial charge on any atom is -0.393 e. The highest BCUT2D eigenvalue weighted by Gasteiger charge is 2.32. The fourth-order valence-electron chi connectivity index (χ4n) is 3.49. The number of thiophene rings is 1. The van der Waals surface area contributed by atoms with E-state index in [1.54, 1.807) is 18.2 Å². The van der Waals surface area contributed by atoms with Crippen molar-refractivity contribution in [3.63, 3.8) is 0 Å². The van der Waals surface area contributed by atoms with Crippen LogP contribution in [-0.4, -0.2) is 67.0 Å². The van der Waals surface area contributed by atoms with Crippen LogP contribution < -0.4 is 5.32 Å². The van der Waals surface area contributed by atoms with Gasteiger partial charge in [0.25, 0.3) is 0 Å². The van der Waals surface area contributed by atoms with Crippen LogP contribution in [0.15, 0.2) is 23.4 Å². The molecule has 10 heteroatoms. The third kappa shape index (κ3) is 6.54. The summed E-state index contributed by atoms with van der Waals surface area (Å²) in [6.45, 7) is 4.04. The number of anilines is 1. The smallest absolute Gasteiger partial charge is 0.393 e. The second-order valence-electron chi connectivity index (χ2n) is 8.56. The highest BCUT2D eigenvalue weighted by atomic mass is 32.1. The number of rotatable bonds is 7. The fourth-order valence-corrected chi connectivity index (χ4v) is 4.65. The maximum absolute atomic E-state index is 14.5. The topological polar surface area (TPSA) is 57.1 Å². The summed E-state index contributed by atoms with van der Waals surface area (Å²) in [6, 6.07) is 4.66. The molecule has 0 spiro atoms. The van der Waals surface area contributed by atoms with Gasteiger partial charge in [-0.1, -0.05) is 17.3 Å². The van der Waals surface area contributed by atoms with E-state index in [-0.39, 0.29) is 12.2 Å². The van der Waals surface area contributed by atoms with E-state index in [2.05, 4.69) is 10.5 Å². The summed E-state index contributed by atoms with van der Waals surface area (Å²) in [5, 5.41) is 17.1. The first-order valence-electron chi connectivity index (χ1n) is 10.0. The van der Waals surface area contributed by atoms with Gasteiger partial charge in [0, 0.05) is 13.1 Å². The van der Waals surface area contributed by atoms with Crippen molar-refractivity contribution in [3.8, 4) is 0 Å². The number of alkyl halides is 4. The lowest BCUT2D eigenvalue weighted by Crippen LogP contribution is -2.46. The Morgan fingerprint density at radius 1 is 1.35 bits per heavy atom. The van der Waals surface area contributed by atoms with Gasteiger partial charge in [0.15, 0.2) is 0 Å². The molecule has 1 aliphatic rings. The van der Waals surface area contributed by atoms with Gasteiger partial charge in [-0.3, -0.25) is 0 Å². The van der Waals surface area contributed by atoms with Gasteiger partial charge in [-0.05, 0) is 44.3 Å². The van der Waals surface area contributed by atoms with Gasteiger partial charge < -0.3 is 20.2 Å². The van der Waals surface area contributed by atoms with Gasteiger partial charge in [0.05, 0.1) is 39.5 Å². The zero-order valence-corrected chi connectivity index (χ0v) is 18.5. The maximum atomic E-state index is 14.5. The standard InChI is InChI=1S/C21H27F4N3O2S/c1-20(2,29)12-30-26-10-18-14(9-21(23,24)25)13-5-4-6-17(19(13)31-18)27-16-7-8-28(3)11-15(16)22/h4-6,10,15-16,27,29H,7-9,11-12H2,1-3H3/b26-10+/t15-,16+/m0/s1. The number of likely N-dealkylation sites (tertiary alicyclic amines) is 1. The Hall–Kier alpha value is -1.91. The molecule has 0 saturated carbocycles. The number of fused-ring (bicyclic) bond motifs is 1. The summed E-state index contributed by atoms with van der Waals surface area (Å²) in [7, 11) is 1.86. The Bertz CT molecular complexity index is 924. The molecule has 1 aromatic carbocycles. The maximum Gasteiger partial charge on any atom is 0.393 e. The zero-order valence-electron chi connectivity index (χ0n) is 17.7. The summed E-state index contributed by atoms with van der Waals surface area (Å²) in [5.41, 5.74) is -0.396. The van der Waals surface area contributed by atoms with Crippen LogP contribution in [0.3, 0.4) is 0 Å². The Morgan fingerprint density at radius 2 is 2.10 bits per heavy atom. The van der Waals surface area contributed by atoms with Gasteiger partial charge in [-0.2, -0.15) is 13.2 Å². The van der Waals surface area contributed by atoms with Gasteiger partial charge in [-0.25, -0.2) is 4.39 Å². The molecule has 1 aliphatic heterocycles. The number of hydrogen-bond donors (Lipinski definition) is 2. The molecule has 0 aliphatic carbocycles. The quantitative estimate of drug-likeness (QED) is 0.360. The molecule has 1 aromatic heterocycles. The van der Waals surface area contributed by atoms with Crippen LogP contribution in [0.1, 0.15) is 30.7 Å². The molecule has 0 radical (unpaired) electrons. The zero-order chi connectivity index (χ0) is 22.8. The summed E-state index contributed by atoms with van der Waals surface area (Å²) < 4.78 is 54.9. The highest BCUT2D eigenvalue weighted by molar-refractivity contribution is 7.21. The average molecular weight is 462 g/mol. The molecule has 31 heavy (non-hydrogen) atoms. The number of halogens is 4. The Balaban J connectivity index is 1.92. The molecular formula is C21H27F4N3O2S. The van der Waals surface area contributed by atoms with Crippen LogP contribution in [-0.2, 0) is 11.3 Å². The van der Waals surface area contributed by atoms with Crippen LogP contribution in [0.5, 0.6) is 0 Å². The Kier molecular flexibility index (Phi) is 7.12. The highest BCUT2D eigenvalue weighted by Crippen LogP contribution is 2.39. The number of aliphatic hydroxyl groups is 1. The number of nitrogens with zero attached hydrogens (tertiary/aromatic N) is 2. The predicted octanol–water partition coefficient (Wildman–Crippen LogP) is 4.58. The largest absolute Gasteiger partial charge is 0.393 e. The Morgan fingerprint density at radius 3 is 2.74 bits per heavy atom. The lowest BCUT2D eigenvalue weighted by atomic mass is 10.0. The summed E-state index contributed by atoms with van der Waals surface area (Å²) >= 11 is 1.15. The third-order valence-electron chi connectivity index (χ3n) is 4.97. The molecule has 0 amide bonds. The fraction of sp³-hybridized carbons (Fsp3) is 0.571. The monoisotopic (exact) mass is 461 g/mol. The van der Waals surface area contributed by atoms with Crippen molar-refractivity contribution in [2.75, 3.05) is 32.1 Å². The SMILES string of the molecule is CN1CC[C@@H](Nc2cccc3c(CC(F)(F)F)c(/C=N/OCC(C)(C)O)sc23)[C@@H](F)C1. The molecule has 2 heterocycles. The van der Waals surface area contributed by atoms with Gasteiger partial charge >= 0.3 is 6.18 Å². The first-order chi connectivity index (χ1) is 14.4. The molecule has 2 atom stereocenters. The van der Waals surface area contributed by atoms with E-state index < -0.39 is 30.4 Å². The number of benzene rings is 1. The molecule has 1 saturated heterocycles. The molecule has 2 aromatic rings. The van der Waals surface area contributed by atoms with Crippen molar-refractivity contribution in [2.45, 2.75) is 50.7 Å². The minimum atomic E-state index is -4.40. The number of hydrogen-bond acceptors (Lipinski definition) is 6. The third-order valence-corrected chi connectivity index (χ3v) is 6.19. The second kappa shape index (κ2) is 9.30. The summed E-state index contributed by atoms with van der Waals surface area (Å²) in [4.78, 5) is 7.27. The van der Waals surface area contributed by atoms with Crippen molar-refractivity contribution in [1.29, 1.82) is 0 Å². The predicted molar refractivity (Wildman–Crippen MR) is 116 cm³/mol. The molecule has 0 unspecified atom stereocenters. The number of oxime groups is 1. The van der Waals surface area contributed by atoms with Crippen LogP contribution >= 0.6 is 11.3 Å². The van der Waals surface area contributed by atoms with Gasteiger partial charge in [-0.15, -0.1) is 11.3 Å². The van der Waals surface area contributed by atoms with Crippen molar-refractivity contribution < 1.29 is 27.5 Å². The van der Waals surface area contributed by atoms with E-state index in [0.29, 0.717) is 33.6 Å². The van der Waals surface area contributed by atoms with E-state index in [1.807, 2.05) is 11.9 Å². The van der Waals surface area contributed by atoms with Gasteiger partial charge in [0.1, 0.15) is 12.8 Å². The van der Waals surface area contributed by atoms with Gasteiger partial charge in [0.2, 0.25) is 0 Å². The van der Waals surface area contributed by atoms with Crippen LogP contribution in [0.2, 0.25) is 0 Å². The van der Waals surface area contributed by atoms with Crippen LogP contribution in [0, 0.1) is 0 Å². The summed E-state index contributed by atoms with van der Waals surface area (Å²) in [6.07, 6.45) is -4.72. The minimum absolute atomic E-state index is 0.0934. The van der Waals surface area contributed by atoms with E-state index in [1.165, 1.54) is 20.1 Å². The lowest BCUT2D eigenvalue weighted by Gasteiger charge is -2.33. The van der Waals surface area contributed by atoms with E-state index in [4.69, 9.17) is 4.84 Å². The van der Waals surface area contributed by atoms with Crippen LogP contribution in [0.4, 0.5) is 23.2 Å². The van der Waals surface area contributed by atoms with E-state index in [9.17, 15) is 22.7 Å². The lowest BCUT2D eigenvalue weighted by molar-refractivity contribution is -0.126. The number of nitrogens with one attached hydrogen (secondary N) is 1. The first kappa shape index (κ1) is 23.7. The molecule has 172 valence electrons. The van der Waals surface area contributed by atoms with E-state index in [0.717, 1.165) is 17.9 Å². The average Bonchev–Trinajstić information content (AvgIpc) is 2.97. The molecule has 5 nitrogen and oxygen atoms in total. The molecule has 1 fully saturated rings. The van der Waals surface area contributed by atoms with Crippen molar-refractivity contribution in [2.24, 2.45) is 5.16 Å². The van der Waals surface area contributed by atoms with Crippen molar-refractivity contribution >= 4 is 33.3 Å². The second-order valence-corrected chi connectivity index (χ2v) is 9.61. The van der Waals surface area contributed by atoms with Crippen molar-refractivity contribution in [1.82, 2.24) is 4.90 Å². The first-order valence-corrected chi connectivity index (χ1v) is 10.8. The summed E-state index contributed by atoms with van der Waals surface area (Å²) in [5.74, 6) is 0. The molecule has 3 rings (SSSR count). The molecule has 0 bridgehead atoms. The van der Waals surface area contributed by atoms with E-state index >= 15 is 0 Å². The normalized spacial score (nSPS) is 21.2. The van der Waals surface area contributed by atoms with Crippen LogP contribution in [0.25, 0.3) is 10.1 Å². The number of piperidine rings is 1. The van der Waals surface area contributed by atoms with Crippen molar-refractivity contribution in [3.05, 3.63) is 28.6 Å². The molecule has 2 N–H and O–H groups in total. The molecular weight excluding hydrogens is 434 g/mol.